The van der Waals surface area contributed by atoms with Crippen LogP contribution in [0.1, 0.15) is 47.5 Å². The van der Waals surface area contributed by atoms with Gasteiger partial charge in [-0.15, -0.1) is 0 Å². The third-order valence-corrected chi connectivity index (χ3v) is 12.1. The van der Waals surface area contributed by atoms with Crippen molar-refractivity contribution in [3.8, 4) is 0 Å². The Morgan fingerprint density at radius 3 is 1.58 bits per heavy atom. The van der Waals surface area contributed by atoms with Crippen LogP contribution in [0.2, 0.25) is 0 Å². The maximum Gasteiger partial charge on any atom is 0.273 e. The zero-order chi connectivity index (χ0) is 38.7. The zero-order valence-corrected chi connectivity index (χ0v) is 31.2. The number of aryl methyl sites for hydroxylation is 2. The highest BCUT2D eigenvalue weighted by Crippen LogP contribution is 2.32. The largest absolute Gasteiger partial charge is 0.383 e. The predicted molar refractivity (Wildman–Crippen MR) is 206 cm³/mol. The summed E-state index contributed by atoms with van der Waals surface area (Å²) in [5, 5.41) is 45.0. The normalized spacial score (nSPS) is 14.5. The van der Waals surface area contributed by atoms with Crippen molar-refractivity contribution < 1.29 is 32.7 Å². The van der Waals surface area contributed by atoms with Crippen LogP contribution < -0.4 is 0 Å². The van der Waals surface area contributed by atoms with Gasteiger partial charge in [0.15, 0.2) is 9.84 Å². The Bertz CT molecular complexity index is 2420. The smallest absolute Gasteiger partial charge is 0.273 e. The minimum atomic E-state index is -3.59. The number of nitrogens with one attached hydrogen (secondary N) is 2. The highest BCUT2D eigenvalue weighted by molar-refractivity contribution is 7.90. The molecule has 13 nitrogen and oxygen atoms in total. The molecule has 4 N–H and O–H groups in total. The van der Waals surface area contributed by atoms with E-state index in [-0.39, 0.29) is 22.9 Å². The fourth-order valence-electron chi connectivity index (χ4n) is 6.12. The molecular formula is C38H40N4O9S2. The third kappa shape index (κ3) is 9.61. The van der Waals surface area contributed by atoms with Crippen molar-refractivity contribution in [1.82, 2.24) is 9.97 Å². The number of benzene rings is 4. The van der Waals surface area contributed by atoms with Gasteiger partial charge in [0.2, 0.25) is 0 Å². The number of rotatable bonds is 12. The van der Waals surface area contributed by atoms with Crippen LogP contribution in [-0.4, -0.2) is 54.2 Å². The summed E-state index contributed by atoms with van der Waals surface area (Å²) >= 11 is 0. The monoisotopic (exact) mass is 760 g/mol. The Labute approximate surface area is 308 Å². The Kier molecular flexibility index (Phi) is 11.3. The van der Waals surface area contributed by atoms with Crippen LogP contribution in [0.15, 0.2) is 97.1 Å². The first-order valence-corrected chi connectivity index (χ1v) is 19.8. The van der Waals surface area contributed by atoms with Gasteiger partial charge >= 0.3 is 0 Å². The van der Waals surface area contributed by atoms with E-state index in [1.54, 1.807) is 75.4 Å². The van der Waals surface area contributed by atoms with E-state index in [1.165, 1.54) is 19.1 Å². The number of fused-ring (bicyclic) bond motifs is 2. The van der Waals surface area contributed by atoms with Gasteiger partial charge in [0.05, 0.1) is 27.1 Å². The number of H-pyrrole nitrogens is 2. The second-order valence-electron chi connectivity index (χ2n) is 13.6. The molecule has 6 rings (SSSR count). The topological polar surface area (TPSA) is 210 Å². The number of hydrogen-bond acceptors (Lipinski definition) is 9. The Balaban J connectivity index is 0.000000204. The molecule has 278 valence electrons. The van der Waals surface area contributed by atoms with Crippen molar-refractivity contribution in [2.45, 2.75) is 50.4 Å². The number of hydrogen-bond donors (Lipinski definition) is 4. The summed E-state index contributed by atoms with van der Waals surface area (Å²) in [5.41, 5.74) is 1.76. The van der Waals surface area contributed by atoms with E-state index in [1.807, 2.05) is 30.3 Å². The minimum Gasteiger partial charge on any atom is -0.383 e. The number of nitrogens with zero attached hydrogens (tertiary/aromatic N) is 2. The molecule has 0 aliphatic heterocycles. The molecule has 6 aromatic rings. The average molecular weight is 761 g/mol. The Morgan fingerprint density at radius 2 is 1.13 bits per heavy atom. The first kappa shape index (κ1) is 39.0. The summed E-state index contributed by atoms with van der Waals surface area (Å²) in [7, 11) is -4.84. The van der Waals surface area contributed by atoms with Gasteiger partial charge in [-0.3, -0.25) is 24.4 Å². The van der Waals surface area contributed by atoms with Crippen molar-refractivity contribution in [3.63, 3.8) is 0 Å². The van der Waals surface area contributed by atoms with Gasteiger partial charge in [-0.2, -0.15) is 0 Å². The van der Waals surface area contributed by atoms with Gasteiger partial charge in [-0.1, -0.05) is 60.7 Å². The molecule has 15 heteroatoms. The SMILES string of the molecule is Cc1cc2[nH]c(C(C)(O)CS(=O)(=O)Cc3ccccc3)cc2cc1[N+](=O)[O-].Cc1cc2[nH]c(C(C)(O)CS(=O)Cc3ccccc3)cc2cc1[N+](=O)[O-]. The molecule has 2 aromatic heterocycles. The van der Waals surface area contributed by atoms with E-state index in [9.17, 15) is 43.1 Å². The first-order valence-electron chi connectivity index (χ1n) is 16.5. The fraction of sp³-hybridized carbons (Fsp3) is 0.263. The molecule has 0 spiro atoms. The summed E-state index contributed by atoms with van der Waals surface area (Å²) in [6, 6.07) is 27.7. The van der Waals surface area contributed by atoms with Gasteiger partial charge in [0.1, 0.15) is 11.2 Å². The summed E-state index contributed by atoms with van der Waals surface area (Å²) in [4.78, 5) is 27.4. The van der Waals surface area contributed by atoms with Crippen molar-refractivity contribution in [2.24, 2.45) is 0 Å². The first-order chi connectivity index (χ1) is 24.8. The standard InChI is InChI=1S/C19H20N2O5S.C19H20N2O4S/c1-13-8-16-15(9-17(13)21(23)24)10-18(20-16)19(2,22)12-27(25,26)11-14-6-4-3-5-7-14;1-13-8-16-15(9-17(13)21(23)24)10-18(20-16)19(2,22)12-26(25)11-14-6-4-3-5-7-14/h3-10,20,22H,11-12H2,1-2H3;3-10,20,22H,11-12H2,1-2H3. The van der Waals surface area contributed by atoms with Crippen molar-refractivity contribution in [3.05, 3.63) is 151 Å². The number of aromatic amines is 2. The molecule has 0 amide bonds. The maximum atomic E-state index is 12.5. The van der Waals surface area contributed by atoms with Crippen LogP contribution >= 0.6 is 0 Å². The molecule has 53 heavy (non-hydrogen) atoms. The minimum absolute atomic E-state index is 0.0237. The third-order valence-electron chi connectivity index (χ3n) is 8.77. The summed E-state index contributed by atoms with van der Waals surface area (Å²) in [5.74, 6) is -0.213. The summed E-state index contributed by atoms with van der Waals surface area (Å²) in [6.45, 7) is 6.31. The number of nitro groups is 2. The van der Waals surface area contributed by atoms with E-state index in [2.05, 4.69) is 9.97 Å². The molecule has 0 aliphatic carbocycles. The Morgan fingerprint density at radius 1 is 0.698 bits per heavy atom. The van der Waals surface area contributed by atoms with Crippen molar-refractivity contribution in [2.75, 3.05) is 11.5 Å². The van der Waals surface area contributed by atoms with Crippen LogP contribution in [0.3, 0.4) is 0 Å². The molecule has 3 atom stereocenters. The van der Waals surface area contributed by atoms with Crippen LogP contribution in [0.5, 0.6) is 0 Å². The lowest BCUT2D eigenvalue weighted by molar-refractivity contribution is -0.385. The lowest BCUT2D eigenvalue weighted by Gasteiger charge is -2.22. The number of sulfone groups is 1. The molecule has 0 bridgehead atoms. The van der Waals surface area contributed by atoms with Gasteiger partial charge < -0.3 is 20.2 Å². The molecule has 3 unspecified atom stereocenters. The molecule has 0 radical (unpaired) electrons. The van der Waals surface area contributed by atoms with Gasteiger partial charge in [-0.25, -0.2) is 8.42 Å². The highest BCUT2D eigenvalue weighted by Gasteiger charge is 2.32. The van der Waals surface area contributed by atoms with Gasteiger partial charge in [0, 0.05) is 73.0 Å². The fourth-order valence-corrected chi connectivity index (χ4v) is 9.38. The molecular weight excluding hydrogens is 721 g/mol. The summed E-state index contributed by atoms with van der Waals surface area (Å²) < 4.78 is 37.5. The second kappa shape index (κ2) is 15.4. The predicted octanol–water partition coefficient (Wildman–Crippen LogP) is 6.75. The maximum absolute atomic E-state index is 12.5. The van der Waals surface area contributed by atoms with E-state index >= 15 is 0 Å². The molecule has 0 saturated heterocycles. The molecule has 2 heterocycles. The Hall–Kier alpha value is -5.22. The van der Waals surface area contributed by atoms with E-state index < -0.39 is 47.4 Å². The van der Waals surface area contributed by atoms with E-state index in [4.69, 9.17) is 0 Å². The quantitative estimate of drug-likeness (QED) is 0.0767. The molecule has 0 saturated carbocycles. The van der Waals surface area contributed by atoms with Gasteiger partial charge in [-0.05, 0) is 63.1 Å². The molecule has 0 aliphatic rings. The number of nitro benzene ring substituents is 2. The molecule has 4 aromatic carbocycles. The van der Waals surface area contributed by atoms with Crippen molar-refractivity contribution in [1.29, 1.82) is 0 Å². The average Bonchev–Trinajstić information content (AvgIpc) is 3.69. The van der Waals surface area contributed by atoms with E-state index in [0.29, 0.717) is 55.6 Å². The van der Waals surface area contributed by atoms with Gasteiger partial charge in [0.25, 0.3) is 11.4 Å². The van der Waals surface area contributed by atoms with E-state index in [0.717, 1.165) is 5.56 Å². The molecule has 0 fully saturated rings. The van der Waals surface area contributed by atoms with Crippen LogP contribution in [0.4, 0.5) is 11.4 Å². The van der Waals surface area contributed by atoms with Crippen LogP contribution in [-0.2, 0) is 43.3 Å². The lowest BCUT2D eigenvalue weighted by atomic mass is 10.1. The number of aliphatic hydroxyl groups is 2. The lowest BCUT2D eigenvalue weighted by Crippen LogP contribution is -2.32. The number of aromatic nitrogens is 2. The highest BCUT2D eigenvalue weighted by atomic mass is 32.2. The second-order valence-corrected chi connectivity index (χ2v) is 17.1. The van der Waals surface area contributed by atoms with Crippen molar-refractivity contribution >= 4 is 53.8 Å². The van der Waals surface area contributed by atoms with Crippen LogP contribution in [0, 0.1) is 34.1 Å². The summed E-state index contributed by atoms with van der Waals surface area (Å²) in [6.07, 6.45) is 0. The van der Waals surface area contributed by atoms with Crippen LogP contribution in [0.25, 0.3) is 21.8 Å². The zero-order valence-electron chi connectivity index (χ0n) is 29.5.